The van der Waals surface area contributed by atoms with Crippen molar-refractivity contribution in [1.29, 1.82) is 0 Å². The molecule has 1 atom stereocenters. The number of aromatic nitrogens is 2. The summed E-state index contributed by atoms with van der Waals surface area (Å²) in [6.45, 7) is 1.68. The van der Waals surface area contributed by atoms with E-state index in [4.69, 9.17) is 5.11 Å². The Morgan fingerprint density at radius 2 is 2.00 bits per heavy atom. The first-order valence-electron chi connectivity index (χ1n) is 5.39. The normalized spacial score (nSPS) is 12.4. The topological polar surface area (TPSA) is 55.1 Å². The predicted molar refractivity (Wildman–Crippen MR) is 64.7 cm³/mol. The molecular formula is C13H14N2O2. The molecule has 0 spiro atoms. The molecule has 0 saturated heterocycles. The van der Waals surface area contributed by atoms with Gasteiger partial charge in [0.25, 0.3) is 0 Å². The van der Waals surface area contributed by atoms with E-state index in [0.717, 1.165) is 16.8 Å². The number of hydrogen-bond acceptors (Lipinski definition) is 2. The lowest BCUT2D eigenvalue weighted by Gasteiger charge is -2.08. The van der Waals surface area contributed by atoms with Crippen molar-refractivity contribution in [3.8, 4) is 11.3 Å². The first-order valence-corrected chi connectivity index (χ1v) is 5.39. The van der Waals surface area contributed by atoms with Crippen LogP contribution in [0.4, 0.5) is 0 Å². The summed E-state index contributed by atoms with van der Waals surface area (Å²) in [5, 5.41) is 8.92. The maximum absolute atomic E-state index is 10.9. The van der Waals surface area contributed by atoms with Gasteiger partial charge in [0.15, 0.2) is 0 Å². The second-order valence-electron chi connectivity index (χ2n) is 4.07. The molecular weight excluding hydrogens is 216 g/mol. The van der Waals surface area contributed by atoms with E-state index in [1.165, 1.54) is 0 Å². The number of carboxylic acids is 1. The number of aliphatic carboxylic acids is 1. The third kappa shape index (κ3) is 2.20. The fraction of sp³-hybridized carbons (Fsp3) is 0.231. The van der Waals surface area contributed by atoms with E-state index in [9.17, 15) is 4.79 Å². The van der Waals surface area contributed by atoms with Gasteiger partial charge in [-0.2, -0.15) is 0 Å². The van der Waals surface area contributed by atoms with Gasteiger partial charge in [0.05, 0.1) is 24.1 Å². The molecule has 2 aromatic rings. The Balaban J connectivity index is 2.31. The van der Waals surface area contributed by atoms with Crippen molar-refractivity contribution < 1.29 is 9.90 Å². The lowest BCUT2D eigenvalue weighted by atomic mass is 9.99. The summed E-state index contributed by atoms with van der Waals surface area (Å²) >= 11 is 0. The van der Waals surface area contributed by atoms with Gasteiger partial charge in [0, 0.05) is 7.05 Å². The van der Waals surface area contributed by atoms with Crippen LogP contribution in [0.1, 0.15) is 18.4 Å². The second-order valence-corrected chi connectivity index (χ2v) is 4.07. The molecule has 4 heteroatoms. The van der Waals surface area contributed by atoms with Crippen LogP contribution in [0.3, 0.4) is 0 Å². The monoisotopic (exact) mass is 230 g/mol. The van der Waals surface area contributed by atoms with Crippen molar-refractivity contribution in [2.75, 3.05) is 0 Å². The smallest absolute Gasteiger partial charge is 0.310 e. The number of imidazole rings is 1. The van der Waals surface area contributed by atoms with Crippen molar-refractivity contribution in [2.45, 2.75) is 12.8 Å². The first-order chi connectivity index (χ1) is 8.09. The molecule has 1 aromatic carbocycles. The maximum Gasteiger partial charge on any atom is 0.310 e. The van der Waals surface area contributed by atoms with Crippen LogP contribution in [0.2, 0.25) is 0 Å². The average molecular weight is 230 g/mol. The lowest BCUT2D eigenvalue weighted by molar-refractivity contribution is -0.138. The molecule has 1 N–H and O–H groups in total. The minimum absolute atomic E-state index is 0.476. The fourth-order valence-corrected chi connectivity index (χ4v) is 1.72. The van der Waals surface area contributed by atoms with E-state index in [1.54, 1.807) is 19.4 Å². The zero-order valence-corrected chi connectivity index (χ0v) is 9.79. The largest absolute Gasteiger partial charge is 0.481 e. The molecule has 0 radical (unpaired) electrons. The van der Waals surface area contributed by atoms with E-state index in [2.05, 4.69) is 4.98 Å². The van der Waals surface area contributed by atoms with Gasteiger partial charge in [-0.05, 0) is 18.1 Å². The summed E-state index contributed by atoms with van der Waals surface area (Å²) in [4.78, 5) is 14.9. The minimum atomic E-state index is -0.807. The Labute approximate surface area is 99.5 Å². The third-order valence-electron chi connectivity index (χ3n) is 2.89. The van der Waals surface area contributed by atoms with Crippen LogP contribution in [0, 0.1) is 0 Å². The molecule has 0 saturated carbocycles. The number of benzene rings is 1. The Hall–Kier alpha value is -2.10. The van der Waals surface area contributed by atoms with Gasteiger partial charge < -0.3 is 9.67 Å². The number of aryl methyl sites for hydroxylation is 1. The molecule has 4 nitrogen and oxygen atoms in total. The van der Waals surface area contributed by atoms with Crippen molar-refractivity contribution >= 4 is 5.97 Å². The molecule has 0 fully saturated rings. The number of carbonyl (C=O) groups is 1. The Kier molecular flexibility index (Phi) is 2.95. The molecule has 1 unspecified atom stereocenters. The molecule has 1 aromatic heterocycles. The van der Waals surface area contributed by atoms with Gasteiger partial charge in [-0.3, -0.25) is 4.79 Å². The average Bonchev–Trinajstić information content (AvgIpc) is 2.74. The zero-order valence-electron chi connectivity index (χ0n) is 9.79. The van der Waals surface area contributed by atoms with Crippen molar-refractivity contribution in [3.63, 3.8) is 0 Å². The van der Waals surface area contributed by atoms with Crippen LogP contribution in [0.5, 0.6) is 0 Å². The highest BCUT2D eigenvalue weighted by molar-refractivity contribution is 5.76. The van der Waals surface area contributed by atoms with Crippen LogP contribution < -0.4 is 0 Å². The highest BCUT2D eigenvalue weighted by Gasteiger charge is 2.13. The molecule has 17 heavy (non-hydrogen) atoms. The van der Waals surface area contributed by atoms with Gasteiger partial charge in [0.2, 0.25) is 0 Å². The highest BCUT2D eigenvalue weighted by Crippen LogP contribution is 2.22. The Morgan fingerprint density at radius 3 is 2.47 bits per heavy atom. The Morgan fingerprint density at radius 1 is 1.35 bits per heavy atom. The fourth-order valence-electron chi connectivity index (χ4n) is 1.72. The third-order valence-corrected chi connectivity index (χ3v) is 2.89. The molecule has 2 rings (SSSR count). The van der Waals surface area contributed by atoms with Crippen LogP contribution in [-0.4, -0.2) is 20.6 Å². The molecule has 88 valence electrons. The van der Waals surface area contributed by atoms with E-state index < -0.39 is 11.9 Å². The second kappa shape index (κ2) is 4.41. The van der Waals surface area contributed by atoms with Gasteiger partial charge in [-0.1, -0.05) is 24.3 Å². The summed E-state index contributed by atoms with van der Waals surface area (Å²) in [5.74, 6) is -1.28. The molecule has 0 aliphatic heterocycles. The van der Waals surface area contributed by atoms with Crippen LogP contribution in [-0.2, 0) is 11.8 Å². The highest BCUT2D eigenvalue weighted by atomic mass is 16.4. The molecule has 0 amide bonds. The molecule has 0 aliphatic rings. The lowest BCUT2D eigenvalue weighted by Crippen LogP contribution is -2.07. The van der Waals surface area contributed by atoms with Crippen LogP contribution >= 0.6 is 0 Å². The predicted octanol–water partition coefficient (Wildman–Crippen LogP) is 2.28. The summed E-state index contributed by atoms with van der Waals surface area (Å²) in [7, 11) is 1.93. The number of hydrogen-bond donors (Lipinski definition) is 1. The summed E-state index contributed by atoms with van der Waals surface area (Å²) < 4.78 is 1.93. The van der Waals surface area contributed by atoms with E-state index in [0.29, 0.717) is 0 Å². The van der Waals surface area contributed by atoms with Gasteiger partial charge in [-0.25, -0.2) is 4.98 Å². The summed E-state index contributed by atoms with van der Waals surface area (Å²) in [6, 6.07) is 7.54. The Bertz CT molecular complexity index is 529. The quantitative estimate of drug-likeness (QED) is 0.880. The molecule has 0 aliphatic carbocycles. The van der Waals surface area contributed by atoms with E-state index in [1.807, 2.05) is 35.9 Å². The number of carboxylic acid groups (broad SMARTS) is 1. The maximum atomic E-state index is 10.9. The van der Waals surface area contributed by atoms with E-state index in [-0.39, 0.29) is 0 Å². The minimum Gasteiger partial charge on any atom is -0.481 e. The first kappa shape index (κ1) is 11.4. The number of nitrogens with zero attached hydrogens (tertiary/aromatic N) is 2. The van der Waals surface area contributed by atoms with Crippen LogP contribution in [0.25, 0.3) is 11.3 Å². The van der Waals surface area contributed by atoms with Crippen molar-refractivity contribution in [1.82, 2.24) is 9.55 Å². The summed E-state index contributed by atoms with van der Waals surface area (Å²) in [6.07, 6.45) is 3.53. The standard InChI is InChI=1S/C13H14N2O2/c1-9(13(16)17)10-3-5-11(6-4-10)12-7-14-8-15(12)2/h3-9H,1-2H3,(H,16,17). The van der Waals surface area contributed by atoms with Crippen LogP contribution in [0.15, 0.2) is 36.8 Å². The van der Waals surface area contributed by atoms with Gasteiger partial charge in [-0.15, -0.1) is 0 Å². The van der Waals surface area contributed by atoms with Gasteiger partial charge in [0.1, 0.15) is 0 Å². The SMILES string of the molecule is CC(C(=O)O)c1ccc(-c2cncn2C)cc1. The summed E-state index contributed by atoms with van der Waals surface area (Å²) in [5.41, 5.74) is 2.86. The van der Waals surface area contributed by atoms with Gasteiger partial charge >= 0.3 is 5.97 Å². The molecule has 1 heterocycles. The van der Waals surface area contributed by atoms with E-state index >= 15 is 0 Å². The number of rotatable bonds is 3. The van der Waals surface area contributed by atoms with Crippen molar-refractivity contribution in [3.05, 3.63) is 42.4 Å². The van der Waals surface area contributed by atoms with Crippen molar-refractivity contribution in [2.24, 2.45) is 7.05 Å². The molecule has 0 bridgehead atoms. The zero-order chi connectivity index (χ0) is 12.4.